The molecule has 2 amide bonds. The van der Waals surface area contributed by atoms with Crippen LogP contribution in [0.5, 0.6) is 11.8 Å². The summed E-state index contributed by atoms with van der Waals surface area (Å²) in [6.45, 7) is 4.80. The largest absolute Gasteiger partial charge is 0.475 e. The predicted molar refractivity (Wildman–Crippen MR) is 211 cm³/mol. The molecule has 0 spiro atoms. The number of carbonyl (C=O) groups is 2. The van der Waals surface area contributed by atoms with Crippen LogP contribution in [-0.2, 0) is 0 Å². The minimum Gasteiger partial charge on any atom is -0.475 e. The van der Waals surface area contributed by atoms with Crippen LogP contribution in [0.4, 0.5) is 17.2 Å². The topological polar surface area (TPSA) is 224 Å². The normalized spacial score (nSPS) is 13.7. The lowest BCUT2D eigenvalue weighted by atomic mass is 10.2. The molecule has 2 N–H and O–H groups in total. The fraction of sp³-hybridized carbons (Fsp3) is 0.189. The molecule has 0 saturated heterocycles. The number of carbonyl (C=O) groups excluding carboxylic acids is 2. The van der Waals surface area contributed by atoms with E-state index in [9.17, 15) is 9.59 Å². The maximum absolute atomic E-state index is 13.1. The fourth-order valence-corrected chi connectivity index (χ4v) is 6.67. The van der Waals surface area contributed by atoms with Crippen molar-refractivity contribution < 1.29 is 27.9 Å². The predicted octanol–water partition coefficient (Wildman–Crippen LogP) is 5.39. The van der Waals surface area contributed by atoms with Gasteiger partial charge in [0, 0.05) is 54.8 Å². The second kappa shape index (κ2) is 15.8. The standard InChI is InChI=1S/C18H13ClN6O3.C18H15N7O3.CH3Cl/c2*1-10-22-23-18(28-10)25-5-4-11-8-12(2-3-13(11)25)24-6-7-27-16-14(17(24)26)15(19)20-9-21-16;1-2/h2-5,8-9H,6-7H2,1H3;2-5,8-9H,6-7H2,1H3,(H2,19,20,21);1H3. The molecular formula is C37H31Cl2N13O6. The fourth-order valence-electron chi connectivity index (χ4n) is 6.46. The molecule has 2 aromatic carbocycles. The third-order valence-corrected chi connectivity index (χ3v) is 9.33. The zero-order chi connectivity index (χ0) is 40.5. The van der Waals surface area contributed by atoms with Crippen LogP contribution in [0.25, 0.3) is 33.8 Å². The number of aromatic nitrogens is 10. The highest BCUT2D eigenvalue weighted by atomic mass is 35.5. The van der Waals surface area contributed by atoms with Crippen LogP contribution in [0, 0.1) is 13.8 Å². The van der Waals surface area contributed by atoms with Crippen LogP contribution >= 0.6 is 23.2 Å². The van der Waals surface area contributed by atoms with Crippen molar-refractivity contribution in [2.75, 3.05) is 48.2 Å². The van der Waals surface area contributed by atoms with Crippen molar-refractivity contribution >= 4 is 74.0 Å². The zero-order valence-electron chi connectivity index (χ0n) is 30.9. The van der Waals surface area contributed by atoms with Gasteiger partial charge in [0.15, 0.2) is 0 Å². The van der Waals surface area contributed by atoms with E-state index < -0.39 is 0 Å². The molecule has 0 bridgehead atoms. The van der Waals surface area contributed by atoms with Gasteiger partial charge in [-0.15, -0.1) is 21.8 Å². The maximum Gasteiger partial charge on any atom is 0.327 e. The highest BCUT2D eigenvalue weighted by molar-refractivity contribution is 6.33. The van der Waals surface area contributed by atoms with Gasteiger partial charge in [-0.25, -0.2) is 19.9 Å². The molecule has 2 aliphatic heterocycles. The van der Waals surface area contributed by atoms with E-state index in [1.165, 1.54) is 19.0 Å². The van der Waals surface area contributed by atoms with E-state index in [0.29, 0.717) is 55.8 Å². The summed E-state index contributed by atoms with van der Waals surface area (Å²) in [5.74, 6) is 0.885. The van der Waals surface area contributed by atoms with Gasteiger partial charge in [0.25, 0.3) is 11.8 Å². The molecule has 0 aliphatic carbocycles. The van der Waals surface area contributed by atoms with E-state index in [0.717, 1.165) is 27.5 Å². The first-order valence-corrected chi connectivity index (χ1v) is 18.6. The van der Waals surface area contributed by atoms with Crippen molar-refractivity contribution in [1.82, 2.24) is 49.5 Å². The number of halogens is 2. The SMILES string of the molecule is CCl.Cc1nnc(-n2ccc3cc(N4CCOc5ncnc(Cl)c5C4=O)ccc32)o1.Cc1nnc(-n2ccc3cc(N4CCOc5ncnc(N)c5C4=O)ccc32)o1. The van der Waals surface area contributed by atoms with Gasteiger partial charge in [-0.3, -0.25) is 18.7 Å². The lowest BCUT2D eigenvalue weighted by molar-refractivity contribution is 0.0982. The van der Waals surface area contributed by atoms with E-state index in [1.54, 1.807) is 32.8 Å². The summed E-state index contributed by atoms with van der Waals surface area (Å²) in [6, 6.07) is 15.9. The van der Waals surface area contributed by atoms with E-state index in [1.807, 2.05) is 60.9 Å². The number of hydrogen-bond donors (Lipinski definition) is 1. The molecule has 8 heterocycles. The van der Waals surface area contributed by atoms with E-state index in [4.69, 9.17) is 35.6 Å². The summed E-state index contributed by atoms with van der Waals surface area (Å²) < 4.78 is 25.7. The molecule has 58 heavy (non-hydrogen) atoms. The number of alkyl halides is 1. The Morgan fingerprint density at radius 1 is 0.638 bits per heavy atom. The van der Waals surface area contributed by atoms with Crippen molar-refractivity contribution in [2.24, 2.45) is 0 Å². The van der Waals surface area contributed by atoms with Crippen LogP contribution in [0.1, 0.15) is 32.5 Å². The average Bonchev–Trinajstić information content (AvgIpc) is 4.01. The van der Waals surface area contributed by atoms with Crippen molar-refractivity contribution in [2.45, 2.75) is 13.8 Å². The second-order valence-electron chi connectivity index (χ2n) is 12.5. The van der Waals surface area contributed by atoms with Crippen molar-refractivity contribution in [3.05, 3.63) is 102 Å². The number of aryl methyl sites for hydroxylation is 2. The monoisotopic (exact) mass is 823 g/mol. The Labute approximate surface area is 338 Å². The van der Waals surface area contributed by atoms with Gasteiger partial charge in [-0.1, -0.05) is 21.8 Å². The Morgan fingerprint density at radius 3 is 1.62 bits per heavy atom. The molecular weight excluding hydrogens is 793 g/mol. The van der Waals surface area contributed by atoms with Gasteiger partial charge in [0.05, 0.1) is 24.1 Å². The number of nitrogens with two attached hydrogens (primary N) is 1. The lowest BCUT2D eigenvalue weighted by Gasteiger charge is -2.20. The second-order valence-corrected chi connectivity index (χ2v) is 12.8. The van der Waals surface area contributed by atoms with Gasteiger partial charge in [-0.05, 0) is 48.5 Å². The Balaban J connectivity index is 0.000000155. The molecule has 10 rings (SSSR count). The van der Waals surface area contributed by atoms with Crippen molar-refractivity contribution in [3.63, 3.8) is 0 Å². The third-order valence-electron chi connectivity index (χ3n) is 9.05. The minimum atomic E-state index is -0.301. The molecule has 0 saturated carbocycles. The summed E-state index contributed by atoms with van der Waals surface area (Å²) in [4.78, 5) is 45.2. The zero-order valence-corrected chi connectivity index (χ0v) is 32.4. The molecule has 0 atom stereocenters. The smallest absolute Gasteiger partial charge is 0.327 e. The van der Waals surface area contributed by atoms with Crippen molar-refractivity contribution in [3.8, 4) is 23.8 Å². The van der Waals surface area contributed by atoms with Crippen LogP contribution in [0.2, 0.25) is 5.15 Å². The average molecular weight is 825 g/mol. The Kier molecular flexibility index (Phi) is 10.3. The number of anilines is 3. The van der Waals surface area contributed by atoms with Crippen LogP contribution in [0.3, 0.4) is 0 Å². The first-order chi connectivity index (χ1) is 28.2. The van der Waals surface area contributed by atoms with Crippen LogP contribution in [-0.4, -0.2) is 94.0 Å². The van der Waals surface area contributed by atoms with Crippen LogP contribution in [0.15, 0.2) is 82.4 Å². The molecule has 19 nitrogen and oxygen atoms in total. The van der Waals surface area contributed by atoms with E-state index >= 15 is 0 Å². The molecule has 0 unspecified atom stereocenters. The number of hydrogen-bond acceptors (Lipinski definition) is 15. The first kappa shape index (κ1) is 37.8. The molecule has 294 valence electrons. The lowest BCUT2D eigenvalue weighted by Crippen LogP contribution is -2.32. The first-order valence-electron chi connectivity index (χ1n) is 17.4. The van der Waals surface area contributed by atoms with Gasteiger partial charge in [0.1, 0.15) is 48.0 Å². The number of benzene rings is 2. The summed E-state index contributed by atoms with van der Waals surface area (Å²) in [7, 11) is 0. The molecule has 2 aliphatic rings. The quantitative estimate of drug-likeness (QED) is 0.173. The number of rotatable bonds is 4. The van der Waals surface area contributed by atoms with E-state index in [-0.39, 0.29) is 45.7 Å². The number of fused-ring (bicyclic) bond motifs is 4. The molecule has 21 heteroatoms. The number of nitrogen functional groups attached to an aromatic ring is 1. The van der Waals surface area contributed by atoms with Crippen molar-refractivity contribution in [1.29, 1.82) is 0 Å². The summed E-state index contributed by atoms with van der Waals surface area (Å²) in [6.07, 6.45) is 7.72. The summed E-state index contributed by atoms with van der Waals surface area (Å²) in [5, 5.41) is 17.7. The number of nitrogens with zero attached hydrogens (tertiary/aromatic N) is 12. The molecule has 0 fully saturated rings. The van der Waals surface area contributed by atoms with Gasteiger partial charge in [0.2, 0.25) is 23.5 Å². The summed E-state index contributed by atoms with van der Waals surface area (Å²) >= 11 is 10.8. The molecule has 0 radical (unpaired) electrons. The number of ether oxygens (including phenoxy) is 2. The Morgan fingerprint density at radius 2 is 1.12 bits per heavy atom. The molecule has 8 aromatic rings. The minimum absolute atomic E-state index is 0.0703. The highest BCUT2D eigenvalue weighted by Crippen LogP contribution is 2.32. The van der Waals surface area contributed by atoms with Gasteiger partial charge < -0.3 is 33.8 Å². The number of amides is 2. The Bertz CT molecular complexity index is 2630. The maximum atomic E-state index is 13.1. The highest BCUT2D eigenvalue weighted by Gasteiger charge is 2.30. The van der Waals surface area contributed by atoms with Gasteiger partial charge in [-0.2, -0.15) is 0 Å². The molecule has 6 aromatic heterocycles. The Hall–Kier alpha value is -7.12. The summed E-state index contributed by atoms with van der Waals surface area (Å²) in [5.41, 5.74) is 9.44. The van der Waals surface area contributed by atoms with Crippen LogP contribution < -0.4 is 25.0 Å². The van der Waals surface area contributed by atoms with E-state index in [2.05, 4.69) is 51.9 Å². The third kappa shape index (κ3) is 6.96. The van der Waals surface area contributed by atoms with Gasteiger partial charge >= 0.3 is 12.0 Å².